The quantitative estimate of drug-likeness (QED) is 0.0222. The van der Waals surface area contributed by atoms with Gasteiger partial charge in [-0.05, 0) is 25.7 Å². The smallest absolute Gasteiger partial charge is 0.462 e. The summed E-state index contributed by atoms with van der Waals surface area (Å²) in [5.74, 6) is -2.15. The molecule has 17 nitrogen and oxygen atoms in total. The maximum atomic E-state index is 13.0. The number of aliphatic hydroxyl groups excluding tert-OH is 1. The van der Waals surface area contributed by atoms with Crippen molar-refractivity contribution >= 4 is 39.5 Å². The molecular weight excluding hydrogens is 1100 g/mol. The van der Waals surface area contributed by atoms with Crippen LogP contribution in [-0.2, 0) is 65.4 Å². The Bertz CT molecular complexity index is 1600. The fraction of sp³-hybridized carbons (Fsp3) is 0.938. The molecule has 0 saturated heterocycles. The van der Waals surface area contributed by atoms with Crippen molar-refractivity contribution in [2.45, 2.75) is 348 Å². The molecule has 0 aliphatic carbocycles. The van der Waals surface area contributed by atoms with Gasteiger partial charge in [-0.3, -0.25) is 37.3 Å². The van der Waals surface area contributed by atoms with Crippen molar-refractivity contribution in [3.8, 4) is 0 Å². The van der Waals surface area contributed by atoms with Gasteiger partial charge < -0.3 is 33.8 Å². The number of carbonyl (C=O) groups is 4. The van der Waals surface area contributed by atoms with Crippen LogP contribution >= 0.6 is 15.6 Å². The molecule has 0 bridgehead atoms. The van der Waals surface area contributed by atoms with E-state index >= 15 is 0 Å². The highest BCUT2D eigenvalue weighted by Gasteiger charge is 2.30. The van der Waals surface area contributed by atoms with Crippen molar-refractivity contribution in [3.05, 3.63) is 0 Å². The molecular formula is C64H124O17P2. The van der Waals surface area contributed by atoms with Gasteiger partial charge in [0.1, 0.15) is 19.3 Å². The van der Waals surface area contributed by atoms with Gasteiger partial charge in [-0.15, -0.1) is 0 Å². The first-order valence-corrected chi connectivity index (χ1v) is 36.8. The zero-order valence-corrected chi connectivity index (χ0v) is 54.9. The van der Waals surface area contributed by atoms with Crippen molar-refractivity contribution in [2.75, 3.05) is 39.6 Å². The molecule has 0 aromatic rings. The monoisotopic (exact) mass is 1230 g/mol. The van der Waals surface area contributed by atoms with Gasteiger partial charge in [0.05, 0.1) is 26.4 Å². The maximum Gasteiger partial charge on any atom is 0.472 e. The highest BCUT2D eigenvalue weighted by atomic mass is 31.2. The van der Waals surface area contributed by atoms with Crippen LogP contribution in [0.1, 0.15) is 329 Å². The Balaban J connectivity index is 5.06. The van der Waals surface area contributed by atoms with Gasteiger partial charge in [-0.25, -0.2) is 9.13 Å². The van der Waals surface area contributed by atoms with E-state index in [1.807, 2.05) is 0 Å². The SMILES string of the molecule is CCCCCCCCCCCCCCCCCCCCCCC(=O)O[C@H](COC(=O)CCCCCCCCCCC)COP(=O)(O)OC[C@@H](O)COP(=O)(O)OC[C@@H](COC(=O)CCCCCCC)OC(=O)CCCCCCCCCCC. The summed E-state index contributed by atoms with van der Waals surface area (Å²) in [6, 6.07) is 0. The van der Waals surface area contributed by atoms with Gasteiger partial charge >= 0.3 is 39.5 Å². The number of hydrogen-bond acceptors (Lipinski definition) is 15. The van der Waals surface area contributed by atoms with Crippen LogP contribution < -0.4 is 0 Å². The van der Waals surface area contributed by atoms with Gasteiger partial charge in [0, 0.05) is 25.7 Å². The van der Waals surface area contributed by atoms with Crippen LogP contribution in [0.15, 0.2) is 0 Å². The number of unbranched alkanes of at least 4 members (excludes halogenated alkanes) is 39. The van der Waals surface area contributed by atoms with Crippen LogP contribution in [0.3, 0.4) is 0 Å². The van der Waals surface area contributed by atoms with Gasteiger partial charge in [0.25, 0.3) is 0 Å². The molecule has 0 heterocycles. The first kappa shape index (κ1) is 81.1. The summed E-state index contributed by atoms with van der Waals surface area (Å²) in [4.78, 5) is 71.8. The molecule has 492 valence electrons. The van der Waals surface area contributed by atoms with Crippen molar-refractivity contribution in [1.82, 2.24) is 0 Å². The molecule has 0 aromatic carbocycles. The Morgan fingerprint density at radius 2 is 0.482 bits per heavy atom. The van der Waals surface area contributed by atoms with Crippen LogP contribution in [0.2, 0.25) is 0 Å². The molecule has 3 N–H and O–H groups in total. The lowest BCUT2D eigenvalue weighted by Crippen LogP contribution is -2.30. The predicted molar refractivity (Wildman–Crippen MR) is 331 cm³/mol. The van der Waals surface area contributed by atoms with Crippen LogP contribution in [0.5, 0.6) is 0 Å². The molecule has 0 aliphatic rings. The Kier molecular flexibility index (Phi) is 57.7. The van der Waals surface area contributed by atoms with Gasteiger partial charge in [0.15, 0.2) is 12.2 Å². The molecule has 0 aromatic heterocycles. The van der Waals surface area contributed by atoms with E-state index in [2.05, 4.69) is 27.7 Å². The first-order chi connectivity index (χ1) is 40.2. The van der Waals surface area contributed by atoms with Crippen molar-refractivity contribution in [2.24, 2.45) is 0 Å². The molecule has 0 fully saturated rings. The Labute approximate surface area is 505 Å². The fourth-order valence-electron chi connectivity index (χ4n) is 9.63. The molecule has 2 unspecified atom stereocenters. The molecule has 0 aliphatic heterocycles. The minimum Gasteiger partial charge on any atom is -0.462 e. The zero-order chi connectivity index (χ0) is 61.2. The van der Waals surface area contributed by atoms with Crippen LogP contribution in [0, 0.1) is 0 Å². The number of phosphoric acid groups is 2. The number of rotatable bonds is 65. The van der Waals surface area contributed by atoms with E-state index in [1.165, 1.54) is 154 Å². The van der Waals surface area contributed by atoms with Crippen LogP contribution in [0.4, 0.5) is 0 Å². The third kappa shape index (κ3) is 58.8. The fourth-order valence-corrected chi connectivity index (χ4v) is 11.2. The molecule has 5 atom stereocenters. The van der Waals surface area contributed by atoms with Gasteiger partial charge in [0.2, 0.25) is 0 Å². The standard InChI is InChI=1S/C64H124O17P2/c1-5-9-13-17-20-23-24-25-26-27-28-29-30-31-32-33-36-39-43-47-51-64(69)81-60(55-75-62(67)49-45-41-37-34-21-18-14-10-6-2)57-79-83(72,73)77-53-58(65)52-76-82(70,71)78-56-59(54-74-61(66)48-44-40-16-12-8-4)80-63(68)50-46-42-38-35-22-19-15-11-7-3/h58-60,65H,5-57H2,1-4H3,(H,70,71)(H,72,73)/t58-,59+,60+/m0/s1. The lowest BCUT2D eigenvalue weighted by molar-refractivity contribution is -0.161. The maximum absolute atomic E-state index is 13.0. The largest absolute Gasteiger partial charge is 0.472 e. The summed E-state index contributed by atoms with van der Waals surface area (Å²) >= 11 is 0. The highest BCUT2D eigenvalue weighted by Crippen LogP contribution is 2.45. The van der Waals surface area contributed by atoms with Gasteiger partial charge in [-0.2, -0.15) is 0 Å². The minimum atomic E-state index is -4.94. The molecule has 0 radical (unpaired) electrons. The van der Waals surface area contributed by atoms with Crippen LogP contribution in [-0.4, -0.2) is 96.7 Å². The van der Waals surface area contributed by atoms with Crippen molar-refractivity contribution < 1.29 is 80.2 Å². The third-order valence-electron chi connectivity index (χ3n) is 14.9. The van der Waals surface area contributed by atoms with E-state index in [1.54, 1.807) is 0 Å². The van der Waals surface area contributed by atoms with E-state index in [4.69, 9.17) is 37.0 Å². The molecule has 19 heteroatoms. The summed E-state index contributed by atoms with van der Waals surface area (Å²) < 4.78 is 67.7. The lowest BCUT2D eigenvalue weighted by Gasteiger charge is -2.21. The van der Waals surface area contributed by atoms with E-state index in [0.717, 1.165) is 96.3 Å². The molecule has 0 spiro atoms. The van der Waals surface area contributed by atoms with E-state index in [9.17, 15) is 43.2 Å². The third-order valence-corrected chi connectivity index (χ3v) is 16.8. The normalized spacial score (nSPS) is 14.2. The summed E-state index contributed by atoms with van der Waals surface area (Å²) in [5.41, 5.74) is 0. The number of ether oxygens (including phenoxy) is 4. The zero-order valence-electron chi connectivity index (χ0n) is 53.2. The number of esters is 4. The summed E-state index contributed by atoms with van der Waals surface area (Å²) in [6.07, 6.45) is 45.0. The highest BCUT2D eigenvalue weighted by molar-refractivity contribution is 7.47. The molecule has 0 saturated carbocycles. The summed E-state index contributed by atoms with van der Waals surface area (Å²) in [5, 5.41) is 10.5. The van der Waals surface area contributed by atoms with Gasteiger partial charge in [-0.1, -0.05) is 278 Å². The predicted octanol–water partition coefficient (Wildman–Crippen LogP) is 17.9. The Morgan fingerprint density at radius 1 is 0.289 bits per heavy atom. The summed E-state index contributed by atoms with van der Waals surface area (Å²) in [7, 11) is -9.87. The molecule has 83 heavy (non-hydrogen) atoms. The Hall–Kier alpha value is -1.94. The van der Waals surface area contributed by atoms with Crippen molar-refractivity contribution in [1.29, 1.82) is 0 Å². The molecule has 0 rings (SSSR count). The lowest BCUT2D eigenvalue weighted by atomic mass is 10.0. The number of hydrogen-bond donors (Lipinski definition) is 3. The number of aliphatic hydroxyl groups is 1. The average Bonchev–Trinajstić information content (AvgIpc) is 3.46. The van der Waals surface area contributed by atoms with E-state index < -0.39 is 97.5 Å². The first-order valence-electron chi connectivity index (χ1n) is 33.8. The van der Waals surface area contributed by atoms with E-state index in [0.29, 0.717) is 25.7 Å². The van der Waals surface area contributed by atoms with Crippen molar-refractivity contribution in [3.63, 3.8) is 0 Å². The Morgan fingerprint density at radius 3 is 0.711 bits per heavy atom. The number of phosphoric ester groups is 2. The second-order valence-corrected chi connectivity index (χ2v) is 26.1. The second kappa shape index (κ2) is 59.0. The topological polar surface area (TPSA) is 237 Å². The molecule has 0 amide bonds. The van der Waals surface area contributed by atoms with Crippen LogP contribution in [0.25, 0.3) is 0 Å². The minimum absolute atomic E-state index is 0.105. The van der Waals surface area contributed by atoms with E-state index in [-0.39, 0.29) is 25.7 Å². The second-order valence-electron chi connectivity index (χ2n) is 23.2. The summed E-state index contributed by atoms with van der Waals surface area (Å²) in [6.45, 7) is 4.77. The average molecular weight is 1230 g/mol. The number of carbonyl (C=O) groups excluding carboxylic acids is 4.